The molecule has 186 valence electrons. The van der Waals surface area contributed by atoms with Gasteiger partial charge in [0.2, 0.25) is 0 Å². The van der Waals surface area contributed by atoms with Crippen molar-refractivity contribution in [3.05, 3.63) is 0 Å². The second kappa shape index (κ2) is 11.0. The van der Waals surface area contributed by atoms with Crippen LogP contribution < -0.4 is 0 Å². The first kappa shape index (κ1) is 25.7. The fourth-order valence-electron chi connectivity index (χ4n) is 3.81. The van der Waals surface area contributed by atoms with Crippen molar-refractivity contribution in [1.82, 2.24) is 0 Å². The number of fused-ring (bicyclic) bond motifs is 1. The highest BCUT2D eigenvalue weighted by Gasteiger charge is 2.59. The number of esters is 1. The Bertz CT molecular complexity index is 611. The van der Waals surface area contributed by atoms with Gasteiger partial charge in [0, 0.05) is 7.11 Å². The third-order valence-corrected chi connectivity index (χ3v) is 5.12. The maximum absolute atomic E-state index is 11.6. The Morgan fingerprint density at radius 1 is 1.00 bits per heavy atom. The van der Waals surface area contributed by atoms with Gasteiger partial charge >= 0.3 is 5.97 Å². The molecule has 11 heteroatoms. The molecule has 0 aromatic rings. The zero-order valence-corrected chi connectivity index (χ0v) is 19.7. The number of ether oxygens (including phenoxy) is 10. The van der Waals surface area contributed by atoms with Crippen LogP contribution in [-0.4, -0.2) is 101 Å². The monoisotopic (exact) mass is 464 g/mol. The topological polar surface area (TPSA) is 109 Å². The predicted octanol–water partition coefficient (Wildman–Crippen LogP) is 0.968. The fourth-order valence-corrected chi connectivity index (χ4v) is 3.81. The van der Waals surface area contributed by atoms with Crippen molar-refractivity contribution < 1.29 is 52.2 Å². The Labute approximate surface area is 188 Å². The van der Waals surface area contributed by atoms with E-state index in [0.717, 1.165) is 0 Å². The highest BCUT2D eigenvalue weighted by atomic mass is 16.9. The van der Waals surface area contributed by atoms with Gasteiger partial charge in [-0.1, -0.05) is 0 Å². The Morgan fingerprint density at radius 2 is 1.78 bits per heavy atom. The van der Waals surface area contributed by atoms with E-state index in [1.165, 1.54) is 0 Å². The summed E-state index contributed by atoms with van der Waals surface area (Å²) in [6.07, 6.45) is -2.88. The molecule has 0 N–H and O–H groups in total. The Kier molecular flexibility index (Phi) is 8.86. The lowest BCUT2D eigenvalue weighted by Gasteiger charge is -2.30. The third kappa shape index (κ3) is 7.05. The second-order valence-electron chi connectivity index (χ2n) is 8.74. The number of hydrogen-bond acceptors (Lipinski definition) is 11. The molecule has 3 aliphatic rings. The molecule has 32 heavy (non-hydrogen) atoms. The van der Waals surface area contributed by atoms with Crippen LogP contribution in [0.4, 0.5) is 0 Å². The van der Waals surface area contributed by atoms with Gasteiger partial charge in [-0.05, 0) is 34.6 Å². The number of rotatable bonds is 12. The summed E-state index contributed by atoms with van der Waals surface area (Å²) >= 11 is 0. The average molecular weight is 465 g/mol. The van der Waals surface area contributed by atoms with Crippen LogP contribution >= 0.6 is 0 Å². The van der Waals surface area contributed by atoms with Crippen LogP contribution in [0.15, 0.2) is 0 Å². The smallest absolute Gasteiger partial charge is 0.332 e. The molecular weight excluding hydrogens is 428 g/mol. The van der Waals surface area contributed by atoms with Gasteiger partial charge in [-0.3, -0.25) is 0 Å². The largest absolute Gasteiger partial charge is 0.462 e. The van der Waals surface area contributed by atoms with Crippen LogP contribution in [0.5, 0.6) is 0 Å². The standard InChI is InChI=1S/C21H36O11/c1-13(25-9-10-26-15(22)12-24-8-7-23-6)28-17-16(14-11-27-20(2,3)30-14)29-19-18(17)31-21(4,5)32-19/h13-14,16-19H,7-12H2,1-6H3/t13?,14-,16+,17-,18+,19+/m0/s1. The Balaban J connectivity index is 1.45. The molecule has 0 radical (unpaired) electrons. The van der Waals surface area contributed by atoms with Crippen LogP contribution in [0, 0.1) is 0 Å². The van der Waals surface area contributed by atoms with Crippen molar-refractivity contribution in [2.45, 2.75) is 83.2 Å². The Hall–Kier alpha value is -0.890. The summed E-state index contributed by atoms with van der Waals surface area (Å²) < 4.78 is 56.5. The summed E-state index contributed by atoms with van der Waals surface area (Å²) in [6, 6.07) is 0. The average Bonchev–Trinajstić information content (AvgIpc) is 3.32. The SMILES string of the molecule is COCCOCC(=O)OCCOC(C)O[C@@H]1[C@H]2OC(C)(C)O[C@H]2O[C@@H]1[C@@H]1COC(C)(C)O1. The van der Waals surface area contributed by atoms with E-state index in [1.54, 1.807) is 14.0 Å². The van der Waals surface area contributed by atoms with E-state index in [4.69, 9.17) is 47.4 Å². The van der Waals surface area contributed by atoms with Gasteiger partial charge in [0.15, 0.2) is 24.2 Å². The minimum absolute atomic E-state index is 0.0806. The fraction of sp³-hybridized carbons (Fsp3) is 0.952. The van der Waals surface area contributed by atoms with Gasteiger partial charge in [-0.15, -0.1) is 0 Å². The van der Waals surface area contributed by atoms with Gasteiger partial charge in [-0.2, -0.15) is 0 Å². The molecule has 11 nitrogen and oxygen atoms in total. The number of carbonyl (C=O) groups excluding carboxylic acids is 1. The number of methoxy groups -OCH3 is 1. The lowest BCUT2D eigenvalue weighted by Crippen LogP contribution is -2.45. The molecule has 0 spiro atoms. The Morgan fingerprint density at radius 3 is 2.47 bits per heavy atom. The van der Waals surface area contributed by atoms with Crippen molar-refractivity contribution in [3.8, 4) is 0 Å². The van der Waals surface area contributed by atoms with E-state index in [0.29, 0.717) is 19.8 Å². The van der Waals surface area contributed by atoms with Crippen molar-refractivity contribution in [2.24, 2.45) is 0 Å². The molecule has 0 saturated carbocycles. The van der Waals surface area contributed by atoms with Gasteiger partial charge in [-0.25, -0.2) is 4.79 Å². The molecule has 3 fully saturated rings. The van der Waals surface area contributed by atoms with Gasteiger partial charge in [0.1, 0.15) is 37.6 Å². The molecule has 0 aromatic carbocycles. The van der Waals surface area contributed by atoms with Gasteiger partial charge in [0.05, 0.1) is 26.4 Å². The zero-order chi connectivity index (χ0) is 23.4. The first-order valence-electron chi connectivity index (χ1n) is 10.9. The minimum atomic E-state index is -0.780. The molecule has 1 unspecified atom stereocenters. The van der Waals surface area contributed by atoms with Crippen molar-refractivity contribution in [3.63, 3.8) is 0 Å². The summed E-state index contributed by atoms with van der Waals surface area (Å²) in [6.45, 7) is 10.3. The van der Waals surface area contributed by atoms with Crippen molar-refractivity contribution >= 4 is 5.97 Å². The summed E-state index contributed by atoms with van der Waals surface area (Å²) in [5, 5.41) is 0. The minimum Gasteiger partial charge on any atom is -0.462 e. The summed E-state index contributed by atoms with van der Waals surface area (Å²) in [5.74, 6) is -1.95. The van der Waals surface area contributed by atoms with Crippen molar-refractivity contribution in [2.75, 3.05) is 46.8 Å². The highest BCUT2D eigenvalue weighted by molar-refractivity contribution is 5.70. The van der Waals surface area contributed by atoms with Crippen LogP contribution in [0.2, 0.25) is 0 Å². The molecule has 0 aromatic heterocycles. The molecule has 0 amide bonds. The molecule has 3 heterocycles. The normalized spacial score (nSPS) is 33.9. The molecule has 0 aliphatic carbocycles. The van der Waals surface area contributed by atoms with E-state index in [2.05, 4.69) is 0 Å². The highest BCUT2D eigenvalue weighted by Crippen LogP contribution is 2.42. The van der Waals surface area contributed by atoms with Crippen LogP contribution in [0.1, 0.15) is 34.6 Å². The van der Waals surface area contributed by atoms with Gasteiger partial charge < -0.3 is 47.4 Å². The van der Waals surface area contributed by atoms with Crippen molar-refractivity contribution in [1.29, 1.82) is 0 Å². The quantitative estimate of drug-likeness (QED) is 0.234. The zero-order valence-electron chi connectivity index (χ0n) is 19.7. The lowest BCUT2D eigenvalue weighted by atomic mass is 10.1. The number of hydrogen-bond donors (Lipinski definition) is 0. The number of carbonyl (C=O) groups is 1. The first-order valence-corrected chi connectivity index (χ1v) is 10.9. The van der Waals surface area contributed by atoms with Crippen LogP contribution in [-0.2, 0) is 52.2 Å². The maximum atomic E-state index is 11.6. The predicted molar refractivity (Wildman–Crippen MR) is 108 cm³/mol. The van der Waals surface area contributed by atoms with Crippen LogP contribution in [0.3, 0.4) is 0 Å². The van der Waals surface area contributed by atoms with E-state index >= 15 is 0 Å². The van der Waals surface area contributed by atoms with Crippen LogP contribution in [0.25, 0.3) is 0 Å². The lowest BCUT2D eigenvalue weighted by molar-refractivity contribution is -0.253. The first-order chi connectivity index (χ1) is 15.1. The summed E-state index contributed by atoms with van der Waals surface area (Å²) in [7, 11) is 1.56. The third-order valence-electron chi connectivity index (χ3n) is 5.12. The summed E-state index contributed by atoms with van der Waals surface area (Å²) in [4.78, 5) is 11.6. The molecular formula is C21H36O11. The van der Waals surface area contributed by atoms with Gasteiger partial charge in [0.25, 0.3) is 0 Å². The molecule has 3 aliphatic heterocycles. The van der Waals surface area contributed by atoms with E-state index in [1.807, 2.05) is 27.7 Å². The summed E-state index contributed by atoms with van der Waals surface area (Å²) in [5.41, 5.74) is 0. The van der Waals surface area contributed by atoms with E-state index < -0.39 is 48.4 Å². The molecule has 6 atom stereocenters. The molecule has 0 bridgehead atoms. The second-order valence-corrected chi connectivity index (χ2v) is 8.74. The van der Waals surface area contributed by atoms with E-state index in [-0.39, 0.29) is 25.9 Å². The molecule has 3 saturated heterocycles. The maximum Gasteiger partial charge on any atom is 0.332 e. The van der Waals surface area contributed by atoms with E-state index in [9.17, 15) is 4.79 Å². The molecule has 3 rings (SSSR count).